The highest BCUT2D eigenvalue weighted by Crippen LogP contribution is 2.24. The highest BCUT2D eigenvalue weighted by atomic mass is 16.5. The van der Waals surface area contributed by atoms with Crippen LogP contribution >= 0.6 is 0 Å². The summed E-state index contributed by atoms with van der Waals surface area (Å²) in [6, 6.07) is 7.37. The van der Waals surface area contributed by atoms with Crippen LogP contribution in [0.25, 0.3) is 0 Å². The Morgan fingerprint density at radius 3 is 2.55 bits per heavy atom. The lowest BCUT2D eigenvalue weighted by Gasteiger charge is -2.11. The average Bonchev–Trinajstić information content (AvgIpc) is 2.46. The second-order valence-corrected chi connectivity index (χ2v) is 4.73. The molecule has 2 rings (SSSR count). The fourth-order valence-corrected chi connectivity index (χ4v) is 2.12. The molecular weight excluding hydrogens is 252 g/mol. The van der Waals surface area contributed by atoms with Crippen molar-refractivity contribution in [2.45, 2.75) is 27.2 Å². The van der Waals surface area contributed by atoms with Crippen LogP contribution in [0.1, 0.15) is 39.8 Å². The van der Waals surface area contributed by atoms with Crippen molar-refractivity contribution in [2.75, 3.05) is 7.11 Å². The minimum absolute atomic E-state index is 0.0691. The summed E-state index contributed by atoms with van der Waals surface area (Å²) in [7, 11) is 1.57. The summed E-state index contributed by atoms with van der Waals surface area (Å²) in [5.41, 5.74) is 3.63. The lowest BCUT2D eigenvalue weighted by molar-refractivity contribution is 0.103. The first-order valence-corrected chi connectivity index (χ1v) is 6.59. The maximum atomic E-state index is 12.8. The Kier molecular flexibility index (Phi) is 4.13. The largest absolute Gasteiger partial charge is 0.496 e. The zero-order chi connectivity index (χ0) is 14.7. The Morgan fingerprint density at radius 2 is 1.90 bits per heavy atom. The molecule has 0 spiro atoms. The van der Waals surface area contributed by atoms with E-state index >= 15 is 0 Å². The molecule has 0 aliphatic carbocycles. The lowest BCUT2D eigenvalue weighted by Crippen LogP contribution is -2.10. The fourth-order valence-electron chi connectivity index (χ4n) is 2.12. The topological polar surface area (TPSA) is 52.1 Å². The molecule has 1 heterocycles. The Balaban J connectivity index is 2.56. The Morgan fingerprint density at radius 1 is 1.15 bits per heavy atom. The van der Waals surface area contributed by atoms with Crippen molar-refractivity contribution >= 4 is 5.78 Å². The van der Waals surface area contributed by atoms with Gasteiger partial charge in [0.15, 0.2) is 5.78 Å². The Bertz CT molecular complexity index is 595. The number of nitrogens with zero attached hydrogens (tertiary/aromatic N) is 2. The van der Waals surface area contributed by atoms with Crippen LogP contribution in [-0.4, -0.2) is 23.1 Å². The molecule has 104 valence electrons. The van der Waals surface area contributed by atoms with Crippen molar-refractivity contribution in [3.05, 3.63) is 52.3 Å². The van der Waals surface area contributed by atoms with Crippen LogP contribution < -0.4 is 4.74 Å². The van der Waals surface area contributed by atoms with E-state index in [1.807, 2.05) is 39.0 Å². The first kappa shape index (κ1) is 14.2. The number of carbonyl (C=O) groups is 1. The van der Waals surface area contributed by atoms with E-state index in [1.54, 1.807) is 13.2 Å². The summed E-state index contributed by atoms with van der Waals surface area (Å²) in [5, 5.41) is 8.12. The predicted molar refractivity (Wildman–Crippen MR) is 77.3 cm³/mol. The van der Waals surface area contributed by atoms with Crippen molar-refractivity contribution in [2.24, 2.45) is 0 Å². The van der Waals surface area contributed by atoms with Gasteiger partial charge >= 0.3 is 0 Å². The Hall–Kier alpha value is -2.23. The predicted octanol–water partition coefficient (Wildman–Crippen LogP) is 2.90. The first-order chi connectivity index (χ1) is 9.56. The molecule has 0 radical (unpaired) electrons. The number of rotatable bonds is 4. The normalized spacial score (nSPS) is 10.4. The highest BCUT2D eigenvalue weighted by Gasteiger charge is 2.18. The van der Waals surface area contributed by atoms with Crippen LogP contribution in [0, 0.1) is 13.8 Å². The molecule has 4 nitrogen and oxygen atoms in total. The molecule has 1 aromatic carbocycles. The molecular formula is C16H18N2O2. The Labute approximate surface area is 118 Å². The summed E-state index contributed by atoms with van der Waals surface area (Å²) < 4.78 is 5.29. The van der Waals surface area contributed by atoms with Gasteiger partial charge in [-0.05, 0) is 38.5 Å². The molecule has 1 aromatic heterocycles. The SMILES string of the molecule is CCc1nnc(C)cc1C(=O)c1cc(C)ccc1OC. The lowest BCUT2D eigenvalue weighted by atomic mass is 9.98. The van der Waals surface area contributed by atoms with Crippen LogP contribution in [0.2, 0.25) is 0 Å². The molecule has 0 amide bonds. The van der Waals surface area contributed by atoms with Crippen LogP contribution in [0.3, 0.4) is 0 Å². The van der Waals surface area contributed by atoms with Gasteiger partial charge in [-0.2, -0.15) is 10.2 Å². The minimum Gasteiger partial charge on any atom is -0.496 e. The van der Waals surface area contributed by atoms with Gasteiger partial charge in [0.1, 0.15) is 5.75 Å². The van der Waals surface area contributed by atoms with Gasteiger partial charge < -0.3 is 4.74 Å². The third kappa shape index (κ3) is 2.69. The fraction of sp³-hybridized carbons (Fsp3) is 0.312. The van der Waals surface area contributed by atoms with Gasteiger partial charge in [-0.15, -0.1) is 0 Å². The number of carbonyl (C=O) groups excluding carboxylic acids is 1. The molecule has 0 N–H and O–H groups in total. The van der Waals surface area contributed by atoms with E-state index in [9.17, 15) is 4.79 Å². The summed E-state index contributed by atoms with van der Waals surface area (Å²) >= 11 is 0. The number of methoxy groups -OCH3 is 1. The van der Waals surface area contributed by atoms with Gasteiger partial charge in [0, 0.05) is 5.56 Å². The van der Waals surface area contributed by atoms with E-state index < -0.39 is 0 Å². The zero-order valence-electron chi connectivity index (χ0n) is 12.2. The third-order valence-electron chi connectivity index (χ3n) is 3.17. The molecule has 0 fully saturated rings. The number of hydrogen-bond donors (Lipinski definition) is 0. The van der Waals surface area contributed by atoms with Crippen LogP contribution in [0.5, 0.6) is 5.75 Å². The smallest absolute Gasteiger partial charge is 0.198 e. The van der Waals surface area contributed by atoms with Crippen molar-refractivity contribution in [3.63, 3.8) is 0 Å². The number of ether oxygens (including phenoxy) is 1. The minimum atomic E-state index is -0.0691. The standard InChI is InChI=1S/C16H18N2O2/c1-5-14-12(9-11(3)17-18-14)16(19)13-8-10(2)6-7-15(13)20-4/h6-9H,5H2,1-4H3. The zero-order valence-corrected chi connectivity index (χ0v) is 12.2. The molecule has 0 bridgehead atoms. The van der Waals surface area contributed by atoms with Crippen LogP contribution in [0.4, 0.5) is 0 Å². The average molecular weight is 270 g/mol. The number of ketones is 1. The van der Waals surface area contributed by atoms with Gasteiger partial charge in [-0.3, -0.25) is 4.79 Å². The molecule has 20 heavy (non-hydrogen) atoms. The van der Waals surface area contributed by atoms with E-state index in [4.69, 9.17) is 4.74 Å². The molecule has 0 saturated carbocycles. The van der Waals surface area contributed by atoms with Crippen LogP contribution in [-0.2, 0) is 6.42 Å². The number of hydrogen-bond acceptors (Lipinski definition) is 4. The van der Waals surface area contributed by atoms with E-state index in [-0.39, 0.29) is 5.78 Å². The number of aryl methyl sites for hydroxylation is 3. The summed E-state index contributed by atoms with van der Waals surface area (Å²) in [5.74, 6) is 0.512. The second kappa shape index (κ2) is 5.82. The number of aromatic nitrogens is 2. The maximum absolute atomic E-state index is 12.8. The molecule has 0 aliphatic heterocycles. The first-order valence-electron chi connectivity index (χ1n) is 6.59. The molecule has 0 aliphatic rings. The third-order valence-corrected chi connectivity index (χ3v) is 3.17. The second-order valence-electron chi connectivity index (χ2n) is 4.73. The number of benzene rings is 1. The van der Waals surface area contributed by atoms with E-state index in [0.717, 1.165) is 11.3 Å². The van der Waals surface area contributed by atoms with Crippen LogP contribution in [0.15, 0.2) is 24.3 Å². The van der Waals surface area contributed by atoms with E-state index in [0.29, 0.717) is 29.0 Å². The van der Waals surface area contributed by atoms with Gasteiger partial charge in [0.2, 0.25) is 0 Å². The molecule has 0 unspecified atom stereocenters. The highest BCUT2D eigenvalue weighted by molar-refractivity contribution is 6.11. The van der Waals surface area contributed by atoms with Crippen molar-refractivity contribution in [1.82, 2.24) is 10.2 Å². The van der Waals surface area contributed by atoms with Crippen molar-refractivity contribution in [3.8, 4) is 5.75 Å². The summed E-state index contributed by atoms with van der Waals surface area (Å²) in [4.78, 5) is 12.8. The molecule has 4 heteroatoms. The van der Waals surface area contributed by atoms with E-state index in [1.165, 1.54) is 0 Å². The summed E-state index contributed by atoms with van der Waals surface area (Å²) in [6.07, 6.45) is 0.669. The summed E-state index contributed by atoms with van der Waals surface area (Å²) in [6.45, 7) is 5.74. The quantitative estimate of drug-likeness (QED) is 0.802. The van der Waals surface area contributed by atoms with Gasteiger partial charge in [-0.25, -0.2) is 0 Å². The maximum Gasteiger partial charge on any atom is 0.198 e. The van der Waals surface area contributed by atoms with Crippen molar-refractivity contribution in [1.29, 1.82) is 0 Å². The van der Waals surface area contributed by atoms with Gasteiger partial charge in [-0.1, -0.05) is 18.6 Å². The molecule has 0 saturated heterocycles. The van der Waals surface area contributed by atoms with Gasteiger partial charge in [0.05, 0.1) is 24.1 Å². The molecule has 0 atom stereocenters. The van der Waals surface area contributed by atoms with E-state index in [2.05, 4.69) is 10.2 Å². The molecule has 2 aromatic rings. The van der Waals surface area contributed by atoms with Crippen molar-refractivity contribution < 1.29 is 9.53 Å². The monoisotopic (exact) mass is 270 g/mol. The van der Waals surface area contributed by atoms with Gasteiger partial charge in [0.25, 0.3) is 0 Å².